The molecule has 0 amide bonds. The maximum Gasteiger partial charge on any atom is 0.416 e. The summed E-state index contributed by atoms with van der Waals surface area (Å²) in [6.45, 7) is 0. The summed E-state index contributed by atoms with van der Waals surface area (Å²) in [7, 11) is 1.52. The second-order valence-corrected chi connectivity index (χ2v) is 6.74. The molecular formula is C14H10F3IN2S. The fourth-order valence-corrected chi connectivity index (χ4v) is 3.55. The molecular weight excluding hydrogens is 412 g/mol. The highest BCUT2D eigenvalue weighted by Crippen LogP contribution is 2.44. The Bertz CT molecular complexity index is 654. The van der Waals surface area contributed by atoms with E-state index in [1.807, 2.05) is 0 Å². The fraction of sp³-hybridized carbons (Fsp3) is 0.286. The van der Waals surface area contributed by atoms with E-state index in [2.05, 4.69) is 31.2 Å². The number of rotatable bonds is 3. The second-order valence-electron chi connectivity index (χ2n) is 4.88. The smallest absolute Gasteiger partial charge is 0.236 e. The van der Waals surface area contributed by atoms with Crippen molar-refractivity contribution >= 4 is 30.1 Å². The van der Waals surface area contributed by atoms with Gasteiger partial charge in [-0.3, -0.25) is 0 Å². The van der Waals surface area contributed by atoms with Crippen LogP contribution in [0.15, 0.2) is 35.5 Å². The summed E-state index contributed by atoms with van der Waals surface area (Å²) in [5, 5.41) is 0.906. The zero-order chi connectivity index (χ0) is 15.0. The van der Waals surface area contributed by atoms with Gasteiger partial charge in [0.05, 0.1) is 5.56 Å². The normalized spacial score (nSPS) is 15.2. The first-order valence-electron chi connectivity index (χ1n) is 6.32. The third-order valence-corrected chi connectivity index (χ3v) is 5.07. The monoisotopic (exact) mass is 422 g/mol. The minimum absolute atomic E-state index is 0.465. The van der Waals surface area contributed by atoms with Gasteiger partial charge in [0.15, 0.2) is 5.82 Å². The van der Waals surface area contributed by atoms with Crippen molar-refractivity contribution in [3.05, 3.63) is 41.6 Å². The summed E-state index contributed by atoms with van der Waals surface area (Å²) < 4.78 is 37.7. The Balaban J connectivity index is 1.93. The molecule has 2 nitrogen and oxygen atoms in total. The highest BCUT2D eigenvalue weighted by molar-refractivity contribution is 14.2. The van der Waals surface area contributed by atoms with Gasteiger partial charge in [-0.05, 0) is 39.8 Å². The molecule has 1 aliphatic rings. The minimum Gasteiger partial charge on any atom is -0.236 e. The topological polar surface area (TPSA) is 25.8 Å². The Kier molecular flexibility index (Phi) is 4.13. The van der Waals surface area contributed by atoms with Gasteiger partial charge in [-0.1, -0.05) is 12.1 Å². The molecule has 7 heteroatoms. The fourth-order valence-electron chi connectivity index (χ4n) is 2.06. The zero-order valence-corrected chi connectivity index (χ0v) is 13.7. The van der Waals surface area contributed by atoms with Crippen LogP contribution in [0.4, 0.5) is 13.2 Å². The predicted octanol–water partition coefficient (Wildman–Crippen LogP) is 5.48. The highest BCUT2D eigenvalue weighted by Gasteiger charge is 2.30. The number of benzene rings is 1. The van der Waals surface area contributed by atoms with Gasteiger partial charge in [-0.15, -0.1) is 0 Å². The van der Waals surface area contributed by atoms with Crippen molar-refractivity contribution in [2.45, 2.75) is 30.0 Å². The van der Waals surface area contributed by atoms with Crippen molar-refractivity contribution < 1.29 is 13.2 Å². The summed E-state index contributed by atoms with van der Waals surface area (Å²) >= 11 is 2.17. The molecule has 0 radical (unpaired) electrons. The molecule has 2 aromatic rings. The van der Waals surface area contributed by atoms with Crippen LogP contribution < -0.4 is 0 Å². The summed E-state index contributed by atoms with van der Waals surface area (Å²) in [4.78, 5) is 8.78. The van der Waals surface area contributed by atoms with Crippen LogP contribution in [0.5, 0.6) is 0 Å². The Labute approximate surface area is 136 Å². The lowest BCUT2D eigenvalue weighted by atomic mass is 10.1. The highest BCUT2D eigenvalue weighted by atomic mass is 127. The number of alkyl halides is 3. The van der Waals surface area contributed by atoms with Gasteiger partial charge in [0, 0.05) is 38.5 Å². The molecule has 3 rings (SSSR count). The number of hydrogen-bond donors (Lipinski definition) is 0. The second kappa shape index (κ2) is 5.75. The van der Waals surface area contributed by atoms with Crippen LogP contribution in [0.25, 0.3) is 11.4 Å². The van der Waals surface area contributed by atoms with E-state index < -0.39 is 11.7 Å². The Morgan fingerprint density at radius 3 is 2.33 bits per heavy atom. The molecule has 0 saturated heterocycles. The lowest BCUT2D eigenvalue weighted by Gasteiger charge is -2.09. The van der Waals surface area contributed by atoms with Crippen molar-refractivity contribution in [1.29, 1.82) is 0 Å². The maximum atomic E-state index is 12.6. The molecule has 1 fully saturated rings. The van der Waals surface area contributed by atoms with Gasteiger partial charge in [-0.25, -0.2) is 9.97 Å². The first-order valence-corrected chi connectivity index (χ1v) is 9.68. The third kappa shape index (κ3) is 3.33. The average molecular weight is 422 g/mol. The molecule has 1 aromatic heterocycles. The van der Waals surface area contributed by atoms with Crippen molar-refractivity contribution in [3.8, 4) is 11.4 Å². The number of aromatic nitrogens is 2. The molecule has 0 atom stereocenters. The van der Waals surface area contributed by atoms with Gasteiger partial charge in [0.1, 0.15) is 5.03 Å². The number of halogens is 4. The molecule has 110 valence electrons. The molecule has 1 heterocycles. The predicted molar refractivity (Wildman–Crippen MR) is 84.3 cm³/mol. The Hall–Kier alpha value is -0.830. The van der Waals surface area contributed by atoms with Gasteiger partial charge >= 0.3 is 6.18 Å². The van der Waals surface area contributed by atoms with Crippen molar-refractivity contribution in [2.24, 2.45) is 0 Å². The summed E-state index contributed by atoms with van der Waals surface area (Å²) in [5.41, 5.74) is 1.08. The van der Waals surface area contributed by atoms with Gasteiger partial charge in [-0.2, -0.15) is 13.2 Å². The van der Waals surface area contributed by atoms with Gasteiger partial charge < -0.3 is 0 Å². The molecule has 1 aromatic carbocycles. The van der Waals surface area contributed by atoms with Crippen LogP contribution >= 0.6 is 30.1 Å². The quantitative estimate of drug-likeness (QED) is 0.484. The summed E-state index contributed by atoms with van der Waals surface area (Å²) in [5.74, 6) is 1.01. The lowest BCUT2D eigenvalue weighted by molar-refractivity contribution is -0.137. The van der Waals surface area contributed by atoms with Gasteiger partial charge in [0.2, 0.25) is 0 Å². The Morgan fingerprint density at radius 1 is 1.14 bits per heavy atom. The van der Waals surface area contributed by atoms with Crippen LogP contribution in [0, 0.1) is 0 Å². The average Bonchev–Trinajstić information content (AvgIpc) is 3.30. The zero-order valence-electron chi connectivity index (χ0n) is 10.7. The first-order chi connectivity index (χ1) is 9.99. The summed E-state index contributed by atoms with van der Waals surface area (Å²) in [6.07, 6.45) is -0.197. The van der Waals surface area contributed by atoms with Crippen LogP contribution in [0.3, 0.4) is 0 Å². The molecule has 0 unspecified atom stereocenters. The van der Waals surface area contributed by atoms with Crippen LogP contribution in [0.2, 0.25) is 0 Å². The SMILES string of the molecule is FC(F)(F)c1ccc(-c2ncc(C3CC3)c(SI)n2)cc1. The first kappa shape index (κ1) is 15.1. The molecule has 0 aliphatic heterocycles. The standard InChI is InChI=1S/C14H10F3IN2S/c15-14(16,17)10-5-3-9(4-6-10)12-19-7-11(8-1-2-8)13(20-12)21-18/h3-8H,1-2H2. The lowest BCUT2D eigenvalue weighted by Crippen LogP contribution is -2.04. The van der Waals surface area contributed by atoms with E-state index in [-0.39, 0.29) is 0 Å². The van der Waals surface area contributed by atoms with E-state index >= 15 is 0 Å². The van der Waals surface area contributed by atoms with E-state index in [1.165, 1.54) is 21.1 Å². The van der Waals surface area contributed by atoms with E-state index in [0.29, 0.717) is 17.3 Å². The minimum atomic E-state index is -4.32. The van der Waals surface area contributed by atoms with Crippen molar-refractivity contribution in [3.63, 3.8) is 0 Å². The molecule has 1 aliphatic carbocycles. The van der Waals surface area contributed by atoms with Crippen LogP contribution in [-0.2, 0) is 6.18 Å². The van der Waals surface area contributed by atoms with E-state index in [1.54, 1.807) is 6.20 Å². The van der Waals surface area contributed by atoms with Crippen LogP contribution in [-0.4, -0.2) is 9.97 Å². The maximum absolute atomic E-state index is 12.6. The summed E-state index contributed by atoms with van der Waals surface area (Å²) in [6, 6.07) is 4.95. The number of hydrogen-bond acceptors (Lipinski definition) is 3. The van der Waals surface area contributed by atoms with E-state index in [9.17, 15) is 13.2 Å². The molecule has 0 N–H and O–H groups in total. The van der Waals surface area contributed by atoms with Gasteiger partial charge in [0.25, 0.3) is 0 Å². The molecule has 0 bridgehead atoms. The largest absolute Gasteiger partial charge is 0.416 e. The third-order valence-electron chi connectivity index (χ3n) is 3.34. The number of nitrogens with zero attached hydrogens (tertiary/aromatic N) is 2. The van der Waals surface area contributed by atoms with Crippen LogP contribution in [0.1, 0.15) is 29.9 Å². The molecule has 21 heavy (non-hydrogen) atoms. The van der Waals surface area contributed by atoms with Crippen molar-refractivity contribution in [2.75, 3.05) is 0 Å². The van der Waals surface area contributed by atoms with E-state index in [0.717, 1.165) is 35.6 Å². The molecule has 0 spiro atoms. The Morgan fingerprint density at radius 2 is 1.81 bits per heavy atom. The van der Waals surface area contributed by atoms with E-state index in [4.69, 9.17) is 0 Å². The molecule has 1 saturated carbocycles. The van der Waals surface area contributed by atoms with Crippen molar-refractivity contribution in [1.82, 2.24) is 9.97 Å².